The molecule has 0 aliphatic rings. The van der Waals surface area contributed by atoms with Crippen molar-refractivity contribution in [3.05, 3.63) is 206 Å². The van der Waals surface area contributed by atoms with Crippen LogP contribution in [-0.2, 0) is 0 Å². The van der Waals surface area contributed by atoms with Crippen LogP contribution in [0.1, 0.15) is 0 Å². The van der Waals surface area contributed by atoms with Gasteiger partial charge in [-0.3, -0.25) is 0 Å². The highest BCUT2D eigenvalue weighted by Crippen LogP contribution is 2.45. The zero-order valence-electron chi connectivity index (χ0n) is 28.6. The molecule has 10 rings (SSSR count). The van der Waals surface area contributed by atoms with Crippen LogP contribution in [0.5, 0.6) is 0 Å². The van der Waals surface area contributed by atoms with Gasteiger partial charge in [0, 0.05) is 0 Å². The zero-order chi connectivity index (χ0) is 34.4. The molecule has 0 aliphatic carbocycles. The van der Waals surface area contributed by atoms with Gasteiger partial charge in [0.25, 0.3) is 0 Å². The van der Waals surface area contributed by atoms with Crippen molar-refractivity contribution in [2.45, 2.75) is 0 Å². The van der Waals surface area contributed by atoms with Crippen LogP contribution in [0.15, 0.2) is 206 Å². The van der Waals surface area contributed by atoms with E-state index in [0.29, 0.717) is 0 Å². The molecule has 0 atom stereocenters. The van der Waals surface area contributed by atoms with Crippen molar-refractivity contribution in [1.29, 1.82) is 0 Å². The van der Waals surface area contributed by atoms with Gasteiger partial charge in [0.2, 0.25) is 0 Å². The first-order chi connectivity index (χ1) is 25.8. The number of hydrogen-bond acceptors (Lipinski definition) is 0. The second-order valence-electron chi connectivity index (χ2n) is 13.7. The van der Waals surface area contributed by atoms with Gasteiger partial charge in [-0.1, -0.05) is 194 Å². The van der Waals surface area contributed by atoms with Crippen molar-refractivity contribution in [2.75, 3.05) is 0 Å². The van der Waals surface area contributed by atoms with Crippen molar-refractivity contribution in [2.24, 2.45) is 0 Å². The molecule has 0 bridgehead atoms. The molecule has 242 valence electrons. The Labute approximate surface area is 303 Å². The van der Waals surface area contributed by atoms with Crippen LogP contribution in [0.4, 0.5) is 0 Å². The standard InChI is InChI=1S/C52H34/c1-2-13-41-33-42(32-29-35(41)11-1)38-25-23-36(24-26-38)37-27-30-40(31-28-37)51-47-18-5-7-20-49(47)52(50-21-8-6-19-48(50)51)44-16-9-15-43(34-44)46-22-10-14-39-12-3-4-17-45(39)46/h1-34H. The Balaban J connectivity index is 1.05. The van der Waals surface area contributed by atoms with Crippen LogP contribution in [0.25, 0.3) is 98.7 Å². The van der Waals surface area contributed by atoms with Crippen LogP contribution >= 0.6 is 0 Å². The topological polar surface area (TPSA) is 0 Å². The third-order valence-corrected chi connectivity index (χ3v) is 10.7. The molecule has 0 saturated heterocycles. The van der Waals surface area contributed by atoms with E-state index in [1.807, 2.05) is 0 Å². The van der Waals surface area contributed by atoms with Crippen LogP contribution < -0.4 is 0 Å². The number of benzene rings is 10. The molecular weight excluding hydrogens is 625 g/mol. The molecule has 0 saturated carbocycles. The van der Waals surface area contributed by atoms with Crippen molar-refractivity contribution in [3.8, 4) is 55.6 Å². The Bertz CT molecular complexity index is 2870. The average molecular weight is 659 g/mol. The number of hydrogen-bond donors (Lipinski definition) is 0. The molecule has 10 aromatic carbocycles. The van der Waals surface area contributed by atoms with Crippen LogP contribution in [0.3, 0.4) is 0 Å². The van der Waals surface area contributed by atoms with Crippen LogP contribution in [0.2, 0.25) is 0 Å². The van der Waals surface area contributed by atoms with Crippen molar-refractivity contribution in [1.82, 2.24) is 0 Å². The lowest BCUT2D eigenvalue weighted by atomic mass is 9.85. The highest BCUT2D eigenvalue weighted by atomic mass is 14.2. The van der Waals surface area contributed by atoms with E-state index in [-0.39, 0.29) is 0 Å². The quantitative estimate of drug-likeness (QED) is 0.161. The lowest BCUT2D eigenvalue weighted by molar-refractivity contribution is 1.59. The molecule has 0 unspecified atom stereocenters. The zero-order valence-corrected chi connectivity index (χ0v) is 28.6. The van der Waals surface area contributed by atoms with Crippen LogP contribution in [-0.4, -0.2) is 0 Å². The molecule has 0 aromatic heterocycles. The molecule has 52 heavy (non-hydrogen) atoms. The van der Waals surface area contributed by atoms with Gasteiger partial charge in [0.15, 0.2) is 0 Å². The minimum Gasteiger partial charge on any atom is -0.0616 e. The highest BCUT2D eigenvalue weighted by Gasteiger charge is 2.17. The van der Waals surface area contributed by atoms with E-state index in [1.54, 1.807) is 0 Å². The average Bonchev–Trinajstić information content (AvgIpc) is 3.22. The second-order valence-corrected chi connectivity index (χ2v) is 13.7. The van der Waals surface area contributed by atoms with E-state index >= 15 is 0 Å². The molecule has 0 heterocycles. The van der Waals surface area contributed by atoms with E-state index < -0.39 is 0 Å². The third-order valence-electron chi connectivity index (χ3n) is 10.7. The summed E-state index contributed by atoms with van der Waals surface area (Å²) in [5, 5.41) is 10.1. The molecule has 0 aliphatic heterocycles. The minimum atomic E-state index is 1.21. The molecule has 0 fully saturated rings. The fourth-order valence-electron chi connectivity index (χ4n) is 8.12. The Morgan fingerprint density at radius 3 is 1.25 bits per heavy atom. The Morgan fingerprint density at radius 1 is 0.192 bits per heavy atom. The molecule has 0 spiro atoms. The number of fused-ring (bicyclic) bond motifs is 4. The molecule has 10 aromatic rings. The predicted octanol–water partition coefficient (Wildman–Crippen LogP) is 14.6. The Morgan fingerprint density at radius 2 is 0.615 bits per heavy atom. The van der Waals surface area contributed by atoms with Gasteiger partial charge in [-0.25, -0.2) is 0 Å². The molecule has 0 heteroatoms. The molecular formula is C52H34. The van der Waals surface area contributed by atoms with Gasteiger partial charge >= 0.3 is 0 Å². The molecule has 0 N–H and O–H groups in total. The first-order valence-electron chi connectivity index (χ1n) is 18.0. The van der Waals surface area contributed by atoms with E-state index in [1.165, 1.54) is 98.7 Å². The Kier molecular flexibility index (Phi) is 7.25. The largest absolute Gasteiger partial charge is 0.0616 e. The van der Waals surface area contributed by atoms with Gasteiger partial charge in [0.05, 0.1) is 0 Å². The second kappa shape index (κ2) is 12.5. The summed E-state index contributed by atoms with van der Waals surface area (Å²) < 4.78 is 0. The summed E-state index contributed by atoms with van der Waals surface area (Å²) >= 11 is 0. The van der Waals surface area contributed by atoms with Crippen molar-refractivity contribution < 1.29 is 0 Å². The SMILES string of the molecule is c1cc(-c2cccc3ccccc23)cc(-c2c3ccccc3c(-c3ccc(-c4ccc(-c5ccc6ccccc6c5)cc4)cc3)c3ccccc23)c1. The van der Waals surface area contributed by atoms with Gasteiger partial charge in [-0.05, 0) is 111 Å². The van der Waals surface area contributed by atoms with E-state index in [0.717, 1.165) is 0 Å². The first-order valence-corrected chi connectivity index (χ1v) is 18.0. The van der Waals surface area contributed by atoms with E-state index in [2.05, 4.69) is 206 Å². The van der Waals surface area contributed by atoms with Crippen molar-refractivity contribution in [3.63, 3.8) is 0 Å². The maximum Gasteiger partial charge on any atom is -0.00262 e. The summed E-state index contributed by atoms with van der Waals surface area (Å²) in [7, 11) is 0. The summed E-state index contributed by atoms with van der Waals surface area (Å²) in [6, 6.07) is 75.5. The lowest BCUT2D eigenvalue weighted by Gasteiger charge is -2.18. The molecule has 0 radical (unpaired) electrons. The monoisotopic (exact) mass is 658 g/mol. The fraction of sp³-hybridized carbons (Fsp3) is 0. The summed E-state index contributed by atoms with van der Waals surface area (Å²) in [6.07, 6.45) is 0. The van der Waals surface area contributed by atoms with Gasteiger partial charge in [-0.2, -0.15) is 0 Å². The summed E-state index contributed by atoms with van der Waals surface area (Å²) in [5.41, 5.74) is 12.4. The smallest absolute Gasteiger partial charge is 0.00262 e. The number of rotatable bonds is 5. The highest BCUT2D eigenvalue weighted by molar-refractivity contribution is 6.21. The minimum absolute atomic E-state index is 1.21. The maximum atomic E-state index is 2.37. The molecule has 0 amide bonds. The predicted molar refractivity (Wildman–Crippen MR) is 224 cm³/mol. The van der Waals surface area contributed by atoms with Crippen molar-refractivity contribution >= 4 is 43.1 Å². The normalized spacial score (nSPS) is 11.5. The lowest BCUT2D eigenvalue weighted by Crippen LogP contribution is -1.91. The molecule has 0 nitrogen and oxygen atoms in total. The van der Waals surface area contributed by atoms with Gasteiger partial charge in [0.1, 0.15) is 0 Å². The summed E-state index contributed by atoms with van der Waals surface area (Å²) in [5.74, 6) is 0. The third kappa shape index (κ3) is 5.16. The first kappa shape index (κ1) is 30.1. The van der Waals surface area contributed by atoms with Gasteiger partial charge < -0.3 is 0 Å². The Hall–Kier alpha value is -6.76. The van der Waals surface area contributed by atoms with E-state index in [9.17, 15) is 0 Å². The summed E-state index contributed by atoms with van der Waals surface area (Å²) in [4.78, 5) is 0. The summed E-state index contributed by atoms with van der Waals surface area (Å²) in [6.45, 7) is 0. The van der Waals surface area contributed by atoms with Crippen LogP contribution in [0, 0.1) is 0 Å². The van der Waals surface area contributed by atoms with Gasteiger partial charge in [-0.15, -0.1) is 0 Å². The van der Waals surface area contributed by atoms with E-state index in [4.69, 9.17) is 0 Å². The maximum absolute atomic E-state index is 2.37. The fourth-order valence-corrected chi connectivity index (χ4v) is 8.12.